The van der Waals surface area contributed by atoms with E-state index in [1.807, 2.05) is 17.5 Å². The predicted octanol–water partition coefficient (Wildman–Crippen LogP) is 4.39. The van der Waals surface area contributed by atoms with Crippen molar-refractivity contribution in [3.63, 3.8) is 0 Å². The Morgan fingerprint density at radius 1 is 1.27 bits per heavy atom. The molecule has 0 unspecified atom stereocenters. The summed E-state index contributed by atoms with van der Waals surface area (Å²) in [5.41, 5.74) is 1.15. The number of ketones is 1. The van der Waals surface area contributed by atoms with Crippen LogP contribution in [-0.4, -0.2) is 5.78 Å². The number of hydrogen-bond donors (Lipinski definition) is 0. The van der Waals surface area contributed by atoms with Crippen LogP contribution in [0.5, 0.6) is 0 Å². The third-order valence-electron chi connectivity index (χ3n) is 2.71. The van der Waals surface area contributed by atoms with Crippen molar-refractivity contribution in [1.29, 1.82) is 0 Å². The van der Waals surface area contributed by atoms with Gasteiger partial charge in [-0.05, 0) is 42.7 Å². The minimum absolute atomic E-state index is 0.00330. The third-order valence-corrected chi connectivity index (χ3v) is 4.02. The topological polar surface area (TPSA) is 17.1 Å². The predicted molar refractivity (Wildman–Crippen MR) is 64.6 cm³/mol. The lowest BCUT2D eigenvalue weighted by molar-refractivity contribution is 0.104. The van der Waals surface area contributed by atoms with Gasteiger partial charge in [0.05, 0.1) is 9.91 Å². The van der Waals surface area contributed by atoms with Crippen LogP contribution >= 0.6 is 22.9 Å². The maximum absolute atomic E-state index is 11.9. The second-order valence-electron chi connectivity index (χ2n) is 3.78. The van der Waals surface area contributed by atoms with Gasteiger partial charge in [0.2, 0.25) is 5.78 Å². The Bertz CT molecular complexity index is 370. The van der Waals surface area contributed by atoms with Crippen molar-refractivity contribution in [1.82, 2.24) is 0 Å². The summed E-state index contributed by atoms with van der Waals surface area (Å²) < 4.78 is 0. The molecule has 80 valence electrons. The van der Waals surface area contributed by atoms with Gasteiger partial charge in [0.1, 0.15) is 0 Å². The van der Waals surface area contributed by atoms with E-state index in [0.717, 1.165) is 23.3 Å². The van der Waals surface area contributed by atoms with E-state index in [1.54, 1.807) is 0 Å². The summed E-state index contributed by atoms with van der Waals surface area (Å²) >= 11 is 7.59. The van der Waals surface area contributed by atoms with Crippen LogP contribution in [0, 0.1) is 0 Å². The summed E-state index contributed by atoms with van der Waals surface area (Å²) in [6.07, 6.45) is 5.60. The number of halogens is 1. The first-order valence-electron chi connectivity index (χ1n) is 5.25. The zero-order chi connectivity index (χ0) is 10.7. The van der Waals surface area contributed by atoms with Crippen LogP contribution in [0.15, 0.2) is 28.1 Å². The highest BCUT2D eigenvalue weighted by atomic mass is 35.5. The van der Waals surface area contributed by atoms with Crippen LogP contribution < -0.4 is 0 Å². The Morgan fingerprint density at radius 2 is 2.00 bits per heavy atom. The van der Waals surface area contributed by atoms with Gasteiger partial charge in [-0.15, -0.1) is 11.3 Å². The average molecular weight is 241 g/mol. The number of allylic oxidation sites excluding steroid dienone is 2. The molecule has 1 fully saturated rings. The fraction of sp³-hybridized carbons (Fsp3) is 0.417. The van der Waals surface area contributed by atoms with Gasteiger partial charge in [-0.25, -0.2) is 0 Å². The zero-order valence-corrected chi connectivity index (χ0v) is 10.0. The molecule has 0 aliphatic heterocycles. The summed E-state index contributed by atoms with van der Waals surface area (Å²) in [5, 5.41) is 2.38. The molecule has 1 aliphatic rings. The SMILES string of the molecule is O=C(C(Cl)=C1CCCCC1)c1cccs1. The van der Waals surface area contributed by atoms with Crippen LogP contribution in [-0.2, 0) is 0 Å². The van der Waals surface area contributed by atoms with E-state index in [0.29, 0.717) is 5.03 Å². The minimum atomic E-state index is 0.00330. The highest BCUT2D eigenvalue weighted by Gasteiger charge is 2.17. The second kappa shape index (κ2) is 4.95. The number of hydrogen-bond acceptors (Lipinski definition) is 2. The molecule has 1 aromatic heterocycles. The molecule has 1 aromatic rings. The van der Waals surface area contributed by atoms with Crippen LogP contribution in [0.1, 0.15) is 41.8 Å². The van der Waals surface area contributed by atoms with Crippen LogP contribution in [0.25, 0.3) is 0 Å². The lowest BCUT2D eigenvalue weighted by Gasteiger charge is -2.14. The Hall–Kier alpha value is -0.600. The molecular formula is C12H13ClOS. The van der Waals surface area contributed by atoms with Gasteiger partial charge in [0.15, 0.2) is 0 Å². The fourth-order valence-electron chi connectivity index (χ4n) is 1.87. The highest BCUT2D eigenvalue weighted by molar-refractivity contribution is 7.12. The molecule has 1 aliphatic carbocycles. The first-order valence-corrected chi connectivity index (χ1v) is 6.50. The van der Waals surface area contributed by atoms with Gasteiger partial charge in [-0.1, -0.05) is 24.1 Å². The fourth-order valence-corrected chi connectivity index (χ4v) is 2.89. The smallest absolute Gasteiger partial charge is 0.214 e. The molecule has 0 bridgehead atoms. The van der Waals surface area contributed by atoms with Crippen LogP contribution in [0.3, 0.4) is 0 Å². The van der Waals surface area contributed by atoms with E-state index >= 15 is 0 Å². The summed E-state index contributed by atoms with van der Waals surface area (Å²) in [6.45, 7) is 0. The van der Waals surface area contributed by atoms with Gasteiger partial charge in [-0.2, -0.15) is 0 Å². The van der Waals surface area contributed by atoms with Crippen molar-refractivity contribution in [3.05, 3.63) is 33.0 Å². The molecule has 0 saturated heterocycles. The minimum Gasteiger partial charge on any atom is -0.287 e. The normalized spacial score (nSPS) is 16.5. The molecule has 2 rings (SSSR count). The van der Waals surface area contributed by atoms with E-state index in [-0.39, 0.29) is 5.78 Å². The highest BCUT2D eigenvalue weighted by Crippen LogP contribution is 2.29. The standard InChI is InChI=1S/C12H13ClOS/c13-11(9-5-2-1-3-6-9)12(14)10-7-4-8-15-10/h4,7-8H,1-3,5-6H2. The Balaban J connectivity index is 2.19. The van der Waals surface area contributed by atoms with Gasteiger partial charge < -0.3 is 0 Å². The van der Waals surface area contributed by atoms with E-state index in [4.69, 9.17) is 11.6 Å². The lowest BCUT2D eigenvalue weighted by atomic mass is 9.94. The summed E-state index contributed by atoms with van der Waals surface area (Å²) in [5.74, 6) is 0.00330. The molecule has 1 nitrogen and oxygen atoms in total. The lowest BCUT2D eigenvalue weighted by Crippen LogP contribution is -2.03. The molecule has 0 aromatic carbocycles. The molecule has 0 N–H and O–H groups in total. The third kappa shape index (κ3) is 2.50. The molecule has 0 atom stereocenters. The average Bonchev–Trinajstić information content (AvgIpc) is 2.82. The van der Waals surface area contributed by atoms with E-state index in [2.05, 4.69) is 0 Å². The first kappa shape index (κ1) is 10.9. The Labute approximate surface area is 98.8 Å². The largest absolute Gasteiger partial charge is 0.287 e. The first-order chi connectivity index (χ1) is 7.29. The molecular weight excluding hydrogens is 228 g/mol. The van der Waals surface area contributed by atoms with Crippen LogP contribution in [0.2, 0.25) is 0 Å². The maximum atomic E-state index is 11.9. The van der Waals surface area contributed by atoms with E-state index < -0.39 is 0 Å². The van der Waals surface area contributed by atoms with Gasteiger partial charge >= 0.3 is 0 Å². The van der Waals surface area contributed by atoms with E-state index in [9.17, 15) is 4.79 Å². The number of thiophene rings is 1. The van der Waals surface area contributed by atoms with Crippen molar-refractivity contribution in [3.8, 4) is 0 Å². The molecule has 0 spiro atoms. The molecule has 15 heavy (non-hydrogen) atoms. The summed E-state index contributed by atoms with van der Waals surface area (Å²) in [7, 11) is 0. The molecule has 1 saturated carbocycles. The quantitative estimate of drug-likeness (QED) is 0.554. The van der Waals surface area contributed by atoms with Crippen molar-refractivity contribution in [2.24, 2.45) is 0 Å². The van der Waals surface area contributed by atoms with Gasteiger partial charge in [-0.3, -0.25) is 4.79 Å². The van der Waals surface area contributed by atoms with E-state index in [1.165, 1.54) is 30.6 Å². The Kier molecular flexibility index (Phi) is 3.60. The van der Waals surface area contributed by atoms with Crippen LogP contribution in [0.4, 0.5) is 0 Å². The number of carbonyl (C=O) groups is 1. The number of Topliss-reactive ketones (excluding diaryl/α,β-unsaturated/α-hetero) is 1. The molecule has 0 amide bonds. The summed E-state index contributed by atoms with van der Waals surface area (Å²) in [6, 6.07) is 3.71. The monoisotopic (exact) mass is 240 g/mol. The second-order valence-corrected chi connectivity index (χ2v) is 5.11. The van der Waals surface area contributed by atoms with Gasteiger partial charge in [0, 0.05) is 0 Å². The molecule has 1 heterocycles. The van der Waals surface area contributed by atoms with Crippen molar-refractivity contribution >= 4 is 28.7 Å². The maximum Gasteiger partial charge on any atom is 0.214 e. The van der Waals surface area contributed by atoms with Crippen molar-refractivity contribution in [2.45, 2.75) is 32.1 Å². The number of carbonyl (C=O) groups excluding carboxylic acids is 1. The van der Waals surface area contributed by atoms with Gasteiger partial charge in [0.25, 0.3) is 0 Å². The molecule has 3 heteroatoms. The zero-order valence-electron chi connectivity index (χ0n) is 8.46. The number of rotatable bonds is 2. The Morgan fingerprint density at radius 3 is 2.60 bits per heavy atom. The molecule has 0 radical (unpaired) electrons. The van der Waals surface area contributed by atoms with Crippen molar-refractivity contribution in [2.75, 3.05) is 0 Å². The summed E-state index contributed by atoms with van der Waals surface area (Å²) in [4.78, 5) is 12.7. The van der Waals surface area contributed by atoms with Crippen molar-refractivity contribution < 1.29 is 4.79 Å².